The molecule has 55 valence electrons. The predicted molar refractivity (Wildman–Crippen MR) is 51.9 cm³/mol. The fraction of sp³-hybridized carbons (Fsp3) is 0.300. The van der Waals surface area contributed by atoms with Crippen LogP contribution in [0.3, 0.4) is 0 Å². The van der Waals surface area contributed by atoms with Crippen molar-refractivity contribution in [3.05, 3.63) is 42.8 Å². The zero-order valence-electron chi connectivity index (χ0n) is 6.22. The van der Waals surface area contributed by atoms with E-state index in [1.807, 2.05) is 6.07 Å². The van der Waals surface area contributed by atoms with Gasteiger partial charge >= 0.3 is 18.9 Å². The second-order valence-corrected chi connectivity index (χ2v) is 2.44. The number of hydrogen-bond donors (Lipinski definition) is 0. The van der Waals surface area contributed by atoms with Gasteiger partial charge in [-0.15, -0.1) is 0 Å². The van der Waals surface area contributed by atoms with E-state index in [-0.39, 0.29) is 18.9 Å². The third-order valence-electron chi connectivity index (χ3n) is 1.56. The summed E-state index contributed by atoms with van der Waals surface area (Å²) in [5.74, 6) is 0. The molecule has 0 saturated heterocycles. The Hall–Kier alpha value is -0.183. The molecular weight excluding hydrogens is 127 g/mol. The molecule has 1 aromatic rings. The quantitative estimate of drug-likeness (QED) is 0.566. The SMILES string of the molecule is [CH2]CCCc1ccccc1.[LiH]. The Morgan fingerprint density at radius 2 is 1.73 bits per heavy atom. The first kappa shape index (κ1) is 10.8. The molecule has 0 heterocycles. The molecule has 1 aromatic carbocycles. The maximum atomic E-state index is 3.80. The van der Waals surface area contributed by atoms with Crippen molar-refractivity contribution in [1.29, 1.82) is 0 Å². The summed E-state index contributed by atoms with van der Waals surface area (Å²) in [5, 5.41) is 0. The van der Waals surface area contributed by atoms with Gasteiger partial charge in [0.25, 0.3) is 0 Å². The molecule has 1 radical (unpaired) electrons. The van der Waals surface area contributed by atoms with Gasteiger partial charge in [0.15, 0.2) is 0 Å². The second kappa shape index (κ2) is 6.52. The molecule has 0 unspecified atom stereocenters. The summed E-state index contributed by atoms with van der Waals surface area (Å²) in [6, 6.07) is 10.5. The molecule has 0 atom stereocenters. The number of hydrogen-bond acceptors (Lipinski definition) is 0. The predicted octanol–water partition coefficient (Wildman–Crippen LogP) is 2.19. The van der Waals surface area contributed by atoms with Gasteiger partial charge in [0.2, 0.25) is 0 Å². The molecule has 11 heavy (non-hydrogen) atoms. The molecule has 0 amide bonds. The first-order chi connectivity index (χ1) is 4.93. The van der Waals surface area contributed by atoms with E-state index in [1.165, 1.54) is 18.4 Å². The molecule has 1 rings (SSSR count). The van der Waals surface area contributed by atoms with Crippen LogP contribution in [0.2, 0.25) is 0 Å². The molecule has 0 aromatic heterocycles. The molecule has 0 aliphatic carbocycles. The zero-order valence-corrected chi connectivity index (χ0v) is 6.22. The van der Waals surface area contributed by atoms with Gasteiger partial charge in [-0.2, -0.15) is 0 Å². The van der Waals surface area contributed by atoms with Gasteiger partial charge in [-0.25, -0.2) is 0 Å². The van der Waals surface area contributed by atoms with Crippen LogP contribution in [0.1, 0.15) is 18.4 Å². The van der Waals surface area contributed by atoms with Crippen molar-refractivity contribution in [1.82, 2.24) is 0 Å². The van der Waals surface area contributed by atoms with Crippen molar-refractivity contribution in [2.75, 3.05) is 0 Å². The first-order valence-corrected chi connectivity index (χ1v) is 3.76. The van der Waals surface area contributed by atoms with Crippen LogP contribution in [0, 0.1) is 6.92 Å². The van der Waals surface area contributed by atoms with Gasteiger partial charge < -0.3 is 0 Å². The van der Waals surface area contributed by atoms with Crippen LogP contribution in [0.4, 0.5) is 0 Å². The van der Waals surface area contributed by atoms with Crippen LogP contribution in [0.5, 0.6) is 0 Å². The molecule has 0 fully saturated rings. The van der Waals surface area contributed by atoms with Crippen molar-refractivity contribution in [2.24, 2.45) is 0 Å². The average molecular weight is 141 g/mol. The molecule has 0 bridgehead atoms. The number of aryl methyl sites for hydroxylation is 1. The summed E-state index contributed by atoms with van der Waals surface area (Å²) in [6.45, 7) is 3.80. The van der Waals surface area contributed by atoms with Gasteiger partial charge in [0, 0.05) is 0 Å². The molecule has 1 heteroatoms. The normalized spacial score (nSPS) is 8.82. The summed E-state index contributed by atoms with van der Waals surface area (Å²) in [6.07, 6.45) is 3.41. The summed E-state index contributed by atoms with van der Waals surface area (Å²) >= 11 is 0. The fourth-order valence-electron chi connectivity index (χ4n) is 0.974. The van der Waals surface area contributed by atoms with Gasteiger partial charge in [0.1, 0.15) is 0 Å². The van der Waals surface area contributed by atoms with E-state index in [1.54, 1.807) is 0 Å². The van der Waals surface area contributed by atoms with Crippen molar-refractivity contribution in [3.8, 4) is 0 Å². The monoisotopic (exact) mass is 141 g/mol. The van der Waals surface area contributed by atoms with E-state index >= 15 is 0 Å². The van der Waals surface area contributed by atoms with Crippen LogP contribution in [-0.4, -0.2) is 18.9 Å². The second-order valence-electron chi connectivity index (χ2n) is 2.44. The fourth-order valence-corrected chi connectivity index (χ4v) is 0.974. The summed E-state index contributed by atoms with van der Waals surface area (Å²) in [4.78, 5) is 0. The third kappa shape index (κ3) is 4.30. The van der Waals surface area contributed by atoms with E-state index in [0.29, 0.717) is 0 Å². The van der Waals surface area contributed by atoms with Gasteiger partial charge in [-0.3, -0.25) is 0 Å². The van der Waals surface area contributed by atoms with Gasteiger partial charge in [0.05, 0.1) is 0 Å². The zero-order chi connectivity index (χ0) is 7.23. The van der Waals surface area contributed by atoms with Crippen LogP contribution < -0.4 is 0 Å². The minimum absolute atomic E-state index is 0. The molecule has 0 spiro atoms. The Kier molecular flexibility index (Phi) is 6.41. The summed E-state index contributed by atoms with van der Waals surface area (Å²) < 4.78 is 0. The Morgan fingerprint density at radius 1 is 1.09 bits per heavy atom. The molecule has 0 saturated carbocycles. The average Bonchev–Trinajstić information content (AvgIpc) is 2.03. The van der Waals surface area contributed by atoms with Crippen LogP contribution in [-0.2, 0) is 6.42 Å². The van der Waals surface area contributed by atoms with Gasteiger partial charge in [-0.05, 0) is 18.4 Å². The van der Waals surface area contributed by atoms with E-state index in [9.17, 15) is 0 Å². The van der Waals surface area contributed by atoms with Crippen molar-refractivity contribution < 1.29 is 0 Å². The maximum absolute atomic E-state index is 3.80. The van der Waals surface area contributed by atoms with E-state index in [0.717, 1.165) is 6.42 Å². The van der Waals surface area contributed by atoms with Crippen LogP contribution in [0.15, 0.2) is 30.3 Å². The molecule has 0 N–H and O–H groups in total. The van der Waals surface area contributed by atoms with Crippen LogP contribution in [0.25, 0.3) is 0 Å². The number of rotatable bonds is 3. The minimum atomic E-state index is 0. The Labute approximate surface area is 81.2 Å². The number of benzene rings is 1. The first-order valence-electron chi connectivity index (χ1n) is 3.76. The Bertz CT molecular complexity index is 169. The molecule has 0 aliphatic heterocycles. The Balaban J connectivity index is 0.000001000. The molecule has 0 aliphatic rings. The molecular formula is C10H14Li. The third-order valence-corrected chi connectivity index (χ3v) is 1.56. The van der Waals surface area contributed by atoms with E-state index in [2.05, 4.69) is 31.2 Å². The van der Waals surface area contributed by atoms with Crippen molar-refractivity contribution in [3.63, 3.8) is 0 Å². The Morgan fingerprint density at radius 3 is 2.27 bits per heavy atom. The topological polar surface area (TPSA) is 0 Å². The standard InChI is InChI=1S/C10H13.Li.H/c1-2-3-7-10-8-5-4-6-9-10;;/h4-6,8-9H,1-3,7H2;;. The summed E-state index contributed by atoms with van der Waals surface area (Å²) in [5.41, 5.74) is 1.42. The number of unbranched alkanes of at least 4 members (excludes halogenated alkanes) is 1. The summed E-state index contributed by atoms with van der Waals surface area (Å²) in [7, 11) is 0. The van der Waals surface area contributed by atoms with Crippen LogP contribution >= 0.6 is 0 Å². The van der Waals surface area contributed by atoms with Crippen molar-refractivity contribution >= 4 is 18.9 Å². The van der Waals surface area contributed by atoms with Gasteiger partial charge in [-0.1, -0.05) is 43.7 Å². The van der Waals surface area contributed by atoms with Crippen molar-refractivity contribution in [2.45, 2.75) is 19.3 Å². The molecule has 0 nitrogen and oxygen atoms in total. The van der Waals surface area contributed by atoms with E-state index < -0.39 is 0 Å². The van der Waals surface area contributed by atoms with E-state index in [4.69, 9.17) is 0 Å².